The molecule has 0 aliphatic heterocycles. The van der Waals surface area contributed by atoms with E-state index in [1.165, 1.54) is 19.3 Å². The summed E-state index contributed by atoms with van der Waals surface area (Å²) in [6.07, 6.45) is 3.73. The largest absolute Gasteiger partial charge is 0.123 e. The highest BCUT2D eigenvalue weighted by atomic mass is 35.5. The zero-order valence-electron chi connectivity index (χ0n) is 7.54. The molecule has 0 radical (unpaired) electrons. The normalized spacial score (nSPS) is 35.9. The van der Waals surface area contributed by atoms with Gasteiger partial charge in [0.25, 0.3) is 0 Å². The van der Waals surface area contributed by atoms with Gasteiger partial charge in [-0.2, -0.15) is 0 Å². The maximum Gasteiger partial charge on any atom is 0.0347 e. The summed E-state index contributed by atoms with van der Waals surface area (Å²) in [7, 11) is 0. The fraction of sp³-hybridized carbons (Fsp3) is 0.500. The Labute approximate surface area is 83.9 Å². The van der Waals surface area contributed by atoms with E-state index in [2.05, 4.69) is 24.3 Å². The second-order valence-electron chi connectivity index (χ2n) is 4.33. The van der Waals surface area contributed by atoms with Gasteiger partial charge in [-0.15, -0.1) is 11.6 Å². The second-order valence-corrected chi connectivity index (χ2v) is 4.94. The first kappa shape index (κ1) is 7.87. The van der Waals surface area contributed by atoms with Crippen LogP contribution in [0, 0.1) is 0 Å². The summed E-state index contributed by atoms with van der Waals surface area (Å²) in [5, 5.41) is 0.413. The quantitative estimate of drug-likeness (QED) is 0.551. The van der Waals surface area contributed by atoms with Gasteiger partial charge in [-0.25, -0.2) is 0 Å². The van der Waals surface area contributed by atoms with Crippen LogP contribution in [0.4, 0.5) is 0 Å². The van der Waals surface area contributed by atoms with Crippen LogP contribution >= 0.6 is 11.6 Å². The van der Waals surface area contributed by atoms with Gasteiger partial charge in [0.1, 0.15) is 0 Å². The Hall–Kier alpha value is -0.490. The molecule has 13 heavy (non-hydrogen) atoms. The van der Waals surface area contributed by atoms with Crippen molar-refractivity contribution in [2.45, 2.75) is 36.5 Å². The van der Waals surface area contributed by atoms with Crippen LogP contribution in [0.2, 0.25) is 0 Å². The van der Waals surface area contributed by atoms with Crippen LogP contribution in [0.5, 0.6) is 0 Å². The van der Waals surface area contributed by atoms with Crippen molar-refractivity contribution < 1.29 is 0 Å². The van der Waals surface area contributed by atoms with Gasteiger partial charge in [0.2, 0.25) is 0 Å². The molecule has 3 atom stereocenters. The summed E-state index contributed by atoms with van der Waals surface area (Å²) < 4.78 is 0. The van der Waals surface area contributed by atoms with E-state index >= 15 is 0 Å². The van der Waals surface area contributed by atoms with Gasteiger partial charge in [-0.05, 0) is 42.2 Å². The average Bonchev–Trinajstić information content (AvgIpc) is 2.41. The number of hydrogen-bond acceptors (Lipinski definition) is 0. The summed E-state index contributed by atoms with van der Waals surface area (Å²) in [4.78, 5) is 0. The molecule has 2 bridgehead atoms. The maximum absolute atomic E-state index is 6.24. The Bertz CT molecular complexity index is 297. The lowest BCUT2D eigenvalue weighted by Gasteiger charge is -2.23. The van der Waals surface area contributed by atoms with Gasteiger partial charge in [-0.3, -0.25) is 0 Å². The van der Waals surface area contributed by atoms with E-state index in [0.717, 1.165) is 11.8 Å². The maximum atomic E-state index is 6.24. The zero-order chi connectivity index (χ0) is 8.84. The van der Waals surface area contributed by atoms with E-state index in [1.54, 1.807) is 11.1 Å². The number of hydrogen-bond donors (Lipinski definition) is 0. The number of fused-ring (bicyclic) bond motifs is 5. The predicted molar refractivity (Wildman–Crippen MR) is 55.4 cm³/mol. The van der Waals surface area contributed by atoms with Gasteiger partial charge in [0.15, 0.2) is 0 Å². The minimum Gasteiger partial charge on any atom is -0.123 e. The van der Waals surface area contributed by atoms with E-state index in [4.69, 9.17) is 11.6 Å². The molecule has 0 saturated heterocycles. The summed E-state index contributed by atoms with van der Waals surface area (Å²) >= 11 is 6.24. The Kier molecular flexibility index (Phi) is 1.66. The molecule has 1 aromatic rings. The lowest BCUT2D eigenvalue weighted by atomic mass is 9.86. The first-order chi connectivity index (χ1) is 6.34. The Balaban J connectivity index is 2.09. The van der Waals surface area contributed by atoms with Crippen LogP contribution in [0.15, 0.2) is 24.3 Å². The average molecular weight is 193 g/mol. The van der Waals surface area contributed by atoms with Crippen LogP contribution in [0.25, 0.3) is 0 Å². The molecule has 0 amide bonds. The van der Waals surface area contributed by atoms with Gasteiger partial charge in [0.05, 0.1) is 0 Å². The van der Waals surface area contributed by atoms with E-state index < -0.39 is 0 Å². The van der Waals surface area contributed by atoms with Crippen LogP contribution in [0.3, 0.4) is 0 Å². The summed E-state index contributed by atoms with van der Waals surface area (Å²) in [6.45, 7) is 0. The van der Waals surface area contributed by atoms with Crippen molar-refractivity contribution >= 4 is 11.6 Å². The summed E-state index contributed by atoms with van der Waals surface area (Å²) in [6, 6.07) is 8.88. The SMILES string of the molecule is ClC1C[C@@H]2C[C@H](C1)c1ccccc12. The van der Waals surface area contributed by atoms with Crippen molar-refractivity contribution in [2.24, 2.45) is 0 Å². The lowest BCUT2D eigenvalue weighted by molar-refractivity contribution is 0.441. The third kappa shape index (κ3) is 1.12. The molecule has 3 rings (SSSR count). The predicted octanol–water partition coefficient (Wildman–Crippen LogP) is 3.66. The lowest BCUT2D eigenvalue weighted by Crippen LogP contribution is -2.13. The Morgan fingerprint density at radius 2 is 1.46 bits per heavy atom. The summed E-state index contributed by atoms with van der Waals surface area (Å²) in [5.74, 6) is 1.52. The molecule has 1 aromatic carbocycles. The minimum absolute atomic E-state index is 0.413. The topological polar surface area (TPSA) is 0 Å². The van der Waals surface area contributed by atoms with E-state index in [0.29, 0.717) is 5.38 Å². The van der Waals surface area contributed by atoms with Crippen molar-refractivity contribution in [3.63, 3.8) is 0 Å². The molecule has 0 N–H and O–H groups in total. The monoisotopic (exact) mass is 192 g/mol. The summed E-state index contributed by atoms with van der Waals surface area (Å²) in [5.41, 5.74) is 3.16. The minimum atomic E-state index is 0.413. The fourth-order valence-electron chi connectivity index (χ4n) is 3.01. The van der Waals surface area contributed by atoms with Crippen LogP contribution in [-0.4, -0.2) is 5.38 Å². The van der Waals surface area contributed by atoms with E-state index in [-0.39, 0.29) is 0 Å². The molecule has 1 fully saturated rings. The Morgan fingerprint density at radius 3 is 2.00 bits per heavy atom. The van der Waals surface area contributed by atoms with Crippen molar-refractivity contribution in [3.8, 4) is 0 Å². The standard InChI is InChI=1S/C12H13Cl/c13-10-6-8-5-9(7-10)12-4-2-1-3-11(8)12/h1-4,8-10H,5-7H2/t8-,9+,10?. The number of rotatable bonds is 0. The molecular formula is C12H13Cl. The van der Waals surface area contributed by atoms with Crippen molar-refractivity contribution in [2.75, 3.05) is 0 Å². The molecule has 68 valence electrons. The molecule has 2 aliphatic carbocycles. The third-order valence-electron chi connectivity index (χ3n) is 3.53. The first-order valence-electron chi connectivity index (χ1n) is 5.07. The molecule has 1 unspecified atom stereocenters. The number of halogens is 1. The van der Waals surface area contributed by atoms with Gasteiger partial charge in [0, 0.05) is 5.38 Å². The van der Waals surface area contributed by atoms with E-state index in [9.17, 15) is 0 Å². The molecule has 0 aromatic heterocycles. The van der Waals surface area contributed by atoms with Crippen molar-refractivity contribution in [3.05, 3.63) is 35.4 Å². The van der Waals surface area contributed by atoms with Crippen LogP contribution in [-0.2, 0) is 0 Å². The van der Waals surface area contributed by atoms with Gasteiger partial charge in [-0.1, -0.05) is 24.3 Å². The van der Waals surface area contributed by atoms with Crippen molar-refractivity contribution in [1.82, 2.24) is 0 Å². The van der Waals surface area contributed by atoms with Crippen LogP contribution in [0.1, 0.15) is 42.2 Å². The van der Waals surface area contributed by atoms with Crippen molar-refractivity contribution in [1.29, 1.82) is 0 Å². The molecule has 0 spiro atoms. The molecule has 1 saturated carbocycles. The highest BCUT2D eigenvalue weighted by molar-refractivity contribution is 6.20. The van der Waals surface area contributed by atoms with Gasteiger partial charge < -0.3 is 0 Å². The smallest absolute Gasteiger partial charge is 0.0347 e. The number of alkyl halides is 1. The highest BCUT2D eigenvalue weighted by Gasteiger charge is 2.37. The van der Waals surface area contributed by atoms with E-state index in [1.807, 2.05) is 0 Å². The molecular weight excluding hydrogens is 180 g/mol. The molecule has 0 nitrogen and oxygen atoms in total. The Morgan fingerprint density at radius 1 is 0.923 bits per heavy atom. The van der Waals surface area contributed by atoms with Gasteiger partial charge >= 0.3 is 0 Å². The zero-order valence-corrected chi connectivity index (χ0v) is 8.30. The first-order valence-corrected chi connectivity index (χ1v) is 5.51. The molecule has 2 aliphatic rings. The molecule has 0 heterocycles. The third-order valence-corrected chi connectivity index (χ3v) is 3.88. The second kappa shape index (κ2) is 2.75. The molecule has 1 heteroatoms. The van der Waals surface area contributed by atoms with Crippen LogP contribution < -0.4 is 0 Å². The number of benzene rings is 1. The fourth-order valence-corrected chi connectivity index (χ4v) is 3.44. The highest BCUT2D eigenvalue weighted by Crippen LogP contribution is 2.51.